The second-order valence-electron chi connectivity index (χ2n) is 5.00. The van der Waals surface area contributed by atoms with Crippen molar-refractivity contribution in [1.29, 1.82) is 0 Å². The summed E-state index contributed by atoms with van der Waals surface area (Å²) in [5, 5.41) is 12.4. The molecule has 0 amide bonds. The van der Waals surface area contributed by atoms with Gasteiger partial charge in [-0.05, 0) is 38.0 Å². The van der Waals surface area contributed by atoms with E-state index in [1.165, 1.54) is 31.3 Å². The fourth-order valence-corrected chi connectivity index (χ4v) is 2.97. The van der Waals surface area contributed by atoms with Crippen molar-refractivity contribution in [3.8, 4) is 0 Å². The van der Waals surface area contributed by atoms with Gasteiger partial charge in [0.25, 0.3) is 0 Å². The van der Waals surface area contributed by atoms with Gasteiger partial charge in [0, 0.05) is 5.41 Å². The number of hydrogen-bond donors (Lipinski definition) is 1. The lowest BCUT2D eigenvalue weighted by Crippen LogP contribution is -2.36. The summed E-state index contributed by atoms with van der Waals surface area (Å²) in [6, 6.07) is 0. The van der Waals surface area contributed by atoms with Crippen LogP contribution in [-0.2, 0) is 0 Å². The molecule has 0 aromatic rings. The maximum absolute atomic E-state index is 8.98. The van der Waals surface area contributed by atoms with E-state index >= 15 is 0 Å². The number of fused-ring (bicyclic) bond motifs is 1. The highest BCUT2D eigenvalue weighted by Crippen LogP contribution is 2.45. The minimum Gasteiger partial charge on any atom is -0.411 e. The molecule has 0 spiro atoms. The van der Waals surface area contributed by atoms with Crippen molar-refractivity contribution in [2.75, 3.05) is 0 Å². The summed E-state index contributed by atoms with van der Waals surface area (Å²) in [6.45, 7) is 4.37. The van der Waals surface area contributed by atoms with E-state index in [-0.39, 0.29) is 5.41 Å². The Bertz CT molecular complexity index is 289. The highest BCUT2D eigenvalue weighted by molar-refractivity contribution is 5.93. The quantitative estimate of drug-likeness (QED) is 0.357. The molecular formula is C12H19NO. The molecule has 0 bridgehead atoms. The summed E-state index contributed by atoms with van der Waals surface area (Å²) in [5.41, 5.74) is 2.47. The van der Waals surface area contributed by atoms with E-state index < -0.39 is 0 Å². The molecule has 0 saturated heterocycles. The third-order valence-electron chi connectivity index (χ3n) is 3.85. The number of allylic oxidation sites excluding steroid dienone is 2. The summed E-state index contributed by atoms with van der Waals surface area (Å²) in [5.74, 6) is 0.754. The number of rotatable bonds is 0. The molecule has 2 aliphatic carbocycles. The van der Waals surface area contributed by atoms with Crippen LogP contribution in [0.2, 0.25) is 0 Å². The van der Waals surface area contributed by atoms with Crippen LogP contribution in [0.25, 0.3) is 0 Å². The molecule has 1 fully saturated rings. The molecule has 0 aromatic heterocycles. The molecule has 14 heavy (non-hydrogen) atoms. The molecule has 1 saturated carbocycles. The number of nitrogens with zero attached hydrogens (tertiary/aromatic N) is 1. The van der Waals surface area contributed by atoms with Crippen LogP contribution in [0, 0.1) is 11.3 Å². The standard InChI is InChI=1S/C12H19NO/c1-12(2)10-6-4-3-5-9(10)7-8-11(12)13-14/h6,9,14H,3-5,7-8H2,1-2H3/b13-11+/t9-/m1/s1. The number of hydrogen-bond acceptors (Lipinski definition) is 2. The Kier molecular flexibility index (Phi) is 2.38. The van der Waals surface area contributed by atoms with Crippen LogP contribution in [0.1, 0.15) is 46.0 Å². The second-order valence-corrected chi connectivity index (χ2v) is 5.00. The zero-order chi connectivity index (χ0) is 10.2. The van der Waals surface area contributed by atoms with Gasteiger partial charge >= 0.3 is 0 Å². The zero-order valence-corrected chi connectivity index (χ0v) is 9.08. The van der Waals surface area contributed by atoms with Crippen LogP contribution in [0.5, 0.6) is 0 Å². The van der Waals surface area contributed by atoms with Crippen LogP contribution < -0.4 is 0 Å². The summed E-state index contributed by atoms with van der Waals surface area (Å²) < 4.78 is 0. The van der Waals surface area contributed by atoms with Gasteiger partial charge < -0.3 is 5.21 Å². The smallest absolute Gasteiger partial charge is 0.0667 e. The van der Waals surface area contributed by atoms with Crippen molar-refractivity contribution in [1.82, 2.24) is 0 Å². The molecule has 2 nitrogen and oxygen atoms in total. The minimum absolute atomic E-state index is 0.00190. The monoisotopic (exact) mass is 193 g/mol. The largest absolute Gasteiger partial charge is 0.411 e. The zero-order valence-electron chi connectivity index (χ0n) is 9.08. The van der Waals surface area contributed by atoms with Crippen LogP contribution in [0.3, 0.4) is 0 Å². The summed E-state index contributed by atoms with van der Waals surface area (Å²) >= 11 is 0. The van der Waals surface area contributed by atoms with Crippen LogP contribution >= 0.6 is 0 Å². The Labute approximate surface area is 85.7 Å². The molecule has 78 valence electrons. The van der Waals surface area contributed by atoms with E-state index in [1.807, 2.05) is 0 Å². The first-order valence-corrected chi connectivity index (χ1v) is 5.58. The van der Waals surface area contributed by atoms with Gasteiger partial charge in [-0.3, -0.25) is 0 Å². The van der Waals surface area contributed by atoms with Crippen LogP contribution in [0.15, 0.2) is 16.8 Å². The third-order valence-corrected chi connectivity index (χ3v) is 3.85. The lowest BCUT2D eigenvalue weighted by molar-refractivity contribution is 0.297. The van der Waals surface area contributed by atoms with Crippen LogP contribution in [0.4, 0.5) is 0 Å². The van der Waals surface area contributed by atoms with Gasteiger partial charge in [0.05, 0.1) is 5.71 Å². The number of oxime groups is 1. The van der Waals surface area contributed by atoms with E-state index in [0.29, 0.717) is 0 Å². The highest BCUT2D eigenvalue weighted by atomic mass is 16.4. The molecule has 0 aliphatic heterocycles. The summed E-state index contributed by atoms with van der Waals surface area (Å²) in [7, 11) is 0. The minimum atomic E-state index is -0.00190. The Morgan fingerprint density at radius 3 is 2.93 bits per heavy atom. The van der Waals surface area contributed by atoms with Crippen molar-refractivity contribution in [2.24, 2.45) is 16.5 Å². The van der Waals surface area contributed by atoms with Crippen molar-refractivity contribution >= 4 is 5.71 Å². The SMILES string of the molecule is CC1(C)C2=CCCC[C@@H]2CC/C1=N\O. The van der Waals surface area contributed by atoms with Gasteiger partial charge in [0.1, 0.15) is 0 Å². The molecule has 0 aromatic carbocycles. The molecule has 0 heterocycles. The van der Waals surface area contributed by atoms with E-state index in [2.05, 4.69) is 25.1 Å². The van der Waals surface area contributed by atoms with Crippen molar-refractivity contribution in [2.45, 2.75) is 46.0 Å². The first-order chi connectivity index (χ1) is 6.66. The fraction of sp³-hybridized carbons (Fsp3) is 0.750. The van der Waals surface area contributed by atoms with Gasteiger partial charge in [0.15, 0.2) is 0 Å². The molecular weight excluding hydrogens is 174 g/mol. The van der Waals surface area contributed by atoms with Gasteiger partial charge in [-0.2, -0.15) is 0 Å². The Morgan fingerprint density at radius 1 is 1.43 bits per heavy atom. The first-order valence-electron chi connectivity index (χ1n) is 5.58. The Balaban J connectivity index is 2.35. The molecule has 2 rings (SSSR count). The Morgan fingerprint density at radius 2 is 2.21 bits per heavy atom. The third kappa shape index (κ3) is 1.37. The van der Waals surface area contributed by atoms with E-state index in [0.717, 1.165) is 18.1 Å². The first kappa shape index (κ1) is 9.75. The molecule has 1 atom stereocenters. The average Bonchev–Trinajstić information content (AvgIpc) is 2.18. The van der Waals surface area contributed by atoms with Gasteiger partial charge in [-0.25, -0.2) is 0 Å². The van der Waals surface area contributed by atoms with Gasteiger partial charge in [-0.1, -0.05) is 30.7 Å². The summed E-state index contributed by atoms with van der Waals surface area (Å²) in [4.78, 5) is 0. The summed E-state index contributed by atoms with van der Waals surface area (Å²) in [6.07, 6.45) is 8.37. The van der Waals surface area contributed by atoms with E-state index in [4.69, 9.17) is 5.21 Å². The topological polar surface area (TPSA) is 32.6 Å². The maximum Gasteiger partial charge on any atom is 0.0667 e. The fourth-order valence-electron chi connectivity index (χ4n) is 2.97. The Hall–Kier alpha value is -0.790. The van der Waals surface area contributed by atoms with Crippen molar-refractivity contribution in [3.63, 3.8) is 0 Å². The van der Waals surface area contributed by atoms with Crippen LogP contribution in [-0.4, -0.2) is 10.9 Å². The lowest BCUT2D eigenvalue weighted by Gasteiger charge is -2.41. The molecule has 2 aliphatic rings. The average molecular weight is 193 g/mol. The molecule has 2 heteroatoms. The maximum atomic E-state index is 8.98. The van der Waals surface area contributed by atoms with Crippen molar-refractivity contribution < 1.29 is 5.21 Å². The van der Waals surface area contributed by atoms with Crippen molar-refractivity contribution in [3.05, 3.63) is 11.6 Å². The van der Waals surface area contributed by atoms with Gasteiger partial charge in [0.2, 0.25) is 0 Å². The predicted molar refractivity (Wildman–Crippen MR) is 57.7 cm³/mol. The predicted octanol–water partition coefficient (Wildman–Crippen LogP) is 3.36. The second kappa shape index (κ2) is 3.41. The molecule has 0 radical (unpaired) electrons. The molecule has 0 unspecified atom stereocenters. The van der Waals surface area contributed by atoms with E-state index in [1.54, 1.807) is 0 Å². The normalized spacial score (nSPS) is 33.7. The van der Waals surface area contributed by atoms with Gasteiger partial charge in [-0.15, -0.1) is 0 Å². The van der Waals surface area contributed by atoms with E-state index in [9.17, 15) is 0 Å². The molecule has 1 N–H and O–H groups in total. The highest BCUT2D eigenvalue weighted by Gasteiger charge is 2.39. The lowest BCUT2D eigenvalue weighted by atomic mass is 9.63.